The Labute approximate surface area is 68.3 Å². The molecule has 0 unspecified atom stereocenters. The van der Waals surface area contributed by atoms with E-state index in [0.29, 0.717) is 6.04 Å². The van der Waals surface area contributed by atoms with Crippen molar-refractivity contribution in [3.8, 4) is 0 Å². The number of rotatable bonds is 0. The maximum atomic E-state index is 6.14. The maximum absolute atomic E-state index is 6.14. The van der Waals surface area contributed by atoms with Gasteiger partial charge in [0.1, 0.15) is 0 Å². The first-order valence-electron chi connectivity index (χ1n) is 5.08. The summed E-state index contributed by atoms with van der Waals surface area (Å²) in [4.78, 5) is 0. The summed E-state index contributed by atoms with van der Waals surface area (Å²) < 4.78 is 0. The van der Waals surface area contributed by atoms with Crippen molar-refractivity contribution in [3.63, 3.8) is 0 Å². The third kappa shape index (κ3) is 0.807. The van der Waals surface area contributed by atoms with Gasteiger partial charge in [-0.1, -0.05) is 0 Å². The Morgan fingerprint density at radius 2 is 1.55 bits per heavy atom. The van der Waals surface area contributed by atoms with Gasteiger partial charge in [0, 0.05) is 6.04 Å². The Kier molecular flexibility index (Phi) is 1.18. The molecule has 2 N–H and O–H groups in total. The van der Waals surface area contributed by atoms with Gasteiger partial charge in [-0.2, -0.15) is 0 Å². The molecule has 3 fully saturated rings. The summed E-state index contributed by atoms with van der Waals surface area (Å²) in [5.41, 5.74) is 6.14. The van der Waals surface area contributed by atoms with Crippen LogP contribution in [0.15, 0.2) is 0 Å². The lowest BCUT2D eigenvalue weighted by molar-refractivity contribution is 0.156. The molecular weight excluding hydrogens is 134 g/mol. The second-order valence-corrected chi connectivity index (χ2v) is 5.00. The second kappa shape index (κ2) is 2.01. The van der Waals surface area contributed by atoms with Crippen LogP contribution in [-0.4, -0.2) is 6.04 Å². The molecule has 0 heterocycles. The van der Waals surface area contributed by atoms with E-state index in [-0.39, 0.29) is 0 Å². The molecule has 1 heteroatoms. The second-order valence-electron chi connectivity index (χ2n) is 5.00. The van der Waals surface area contributed by atoms with E-state index in [4.69, 9.17) is 5.73 Å². The fraction of sp³-hybridized carbons (Fsp3) is 1.00. The molecule has 62 valence electrons. The molecule has 0 aromatic carbocycles. The molecule has 3 bridgehead atoms. The fourth-order valence-corrected chi connectivity index (χ4v) is 4.01. The van der Waals surface area contributed by atoms with Crippen LogP contribution in [0.1, 0.15) is 32.1 Å². The lowest BCUT2D eigenvalue weighted by atomic mass is 9.70. The third-order valence-electron chi connectivity index (χ3n) is 4.31. The Bertz CT molecular complexity index is 173. The zero-order chi connectivity index (χ0) is 7.42. The van der Waals surface area contributed by atoms with Crippen LogP contribution in [0.3, 0.4) is 0 Å². The normalized spacial score (nSPS) is 60.3. The molecule has 0 amide bonds. The molecule has 0 radical (unpaired) electrons. The van der Waals surface area contributed by atoms with Gasteiger partial charge in [0.05, 0.1) is 0 Å². The van der Waals surface area contributed by atoms with Crippen LogP contribution in [0.2, 0.25) is 0 Å². The van der Waals surface area contributed by atoms with Crippen molar-refractivity contribution in [1.29, 1.82) is 0 Å². The highest BCUT2D eigenvalue weighted by Gasteiger charge is 2.47. The van der Waals surface area contributed by atoms with Crippen molar-refractivity contribution in [3.05, 3.63) is 0 Å². The van der Waals surface area contributed by atoms with Gasteiger partial charge in [-0.25, -0.2) is 0 Å². The summed E-state index contributed by atoms with van der Waals surface area (Å²) in [6.45, 7) is 0. The molecule has 0 aliphatic heterocycles. The predicted octanol–water partition coefficient (Wildman–Crippen LogP) is 1.77. The van der Waals surface area contributed by atoms with E-state index in [2.05, 4.69) is 0 Å². The summed E-state index contributed by atoms with van der Waals surface area (Å²) in [6.07, 6.45) is 7.38. The van der Waals surface area contributed by atoms with Crippen molar-refractivity contribution in [2.24, 2.45) is 29.4 Å². The van der Waals surface area contributed by atoms with Gasteiger partial charge in [-0.3, -0.25) is 0 Å². The largest absolute Gasteiger partial charge is 0.327 e. The van der Waals surface area contributed by atoms with Crippen molar-refractivity contribution in [2.45, 2.75) is 38.1 Å². The summed E-state index contributed by atoms with van der Waals surface area (Å²) >= 11 is 0. The van der Waals surface area contributed by atoms with Crippen molar-refractivity contribution >= 4 is 0 Å². The average Bonchev–Trinajstić information content (AvgIpc) is 2.19. The SMILES string of the molecule is N[C@@H]1C[C@H]2C[C@H]3C[C@@H](C2)[C@@H]1C3. The van der Waals surface area contributed by atoms with E-state index in [1.165, 1.54) is 32.1 Å². The van der Waals surface area contributed by atoms with Crippen LogP contribution < -0.4 is 5.73 Å². The van der Waals surface area contributed by atoms with Gasteiger partial charge >= 0.3 is 0 Å². The summed E-state index contributed by atoms with van der Waals surface area (Å²) in [7, 11) is 0. The highest BCUT2D eigenvalue weighted by Crippen LogP contribution is 2.54. The molecule has 1 nitrogen and oxygen atoms in total. The van der Waals surface area contributed by atoms with Gasteiger partial charge in [0.15, 0.2) is 0 Å². The van der Waals surface area contributed by atoms with Crippen LogP contribution in [0.25, 0.3) is 0 Å². The Hall–Kier alpha value is -0.0400. The van der Waals surface area contributed by atoms with Crippen LogP contribution in [-0.2, 0) is 0 Å². The Morgan fingerprint density at radius 1 is 0.818 bits per heavy atom. The average molecular weight is 151 g/mol. The minimum Gasteiger partial charge on any atom is -0.327 e. The van der Waals surface area contributed by atoms with Crippen molar-refractivity contribution < 1.29 is 0 Å². The van der Waals surface area contributed by atoms with Crippen LogP contribution in [0, 0.1) is 23.7 Å². The smallest absolute Gasteiger partial charge is 0.00725 e. The predicted molar refractivity (Wildman–Crippen MR) is 45.0 cm³/mol. The third-order valence-corrected chi connectivity index (χ3v) is 4.31. The maximum Gasteiger partial charge on any atom is 0.00725 e. The molecule has 0 saturated heterocycles. The molecule has 0 aromatic rings. The minimum atomic E-state index is 0.575. The standard InChI is InChI=1S/C10H17N/c11-10-5-7-1-6-2-8(3-7)9(10)4-6/h6-10H,1-5,11H2/t6-,7-,8-,9-,10+/m0/s1. The summed E-state index contributed by atoms with van der Waals surface area (Å²) in [6, 6.07) is 0.575. The fourth-order valence-electron chi connectivity index (χ4n) is 4.01. The summed E-state index contributed by atoms with van der Waals surface area (Å²) in [5, 5.41) is 0. The van der Waals surface area contributed by atoms with Gasteiger partial charge < -0.3 is 5.73 Å². The lowest BCUT2D eigenvalue weighted by Gasteiger charge is -2.37. The molecule has 3 aliphatic rings. The van der Waals surface area contributed by atoms with Crippen LogP contribution in [0.5, 0.6) is 0 Å². The number of nitrogens with two attached hydrogens (primary N) is 1. The Balaban J connectivity index is 1.94. The topological polar surface area (TPSA) is 26.0 Å². The molecule has 0 aromatic heterocycles. The first-order chi connectivity index (χ1) is 5.33. The van der Waals surface area contributed by atoms with E-state index in [1.807, 2.05) is 0 Å². The van der Waals surface area contributed by atoms with Gasteiger partial charge in [-0.05, 0) is 55.8 Å². The van der Waals surface area contributed by atoms with E-state index in [9.17, 15) is 0 Å². The number of hydrogen-bond donors (Lipinski definition) is 1. The lowest BCUT2D eigenvalue weighted by Crippen LogP contribution is -2.39. The van der Waals surface area contributed by atoms with Crippen molar-refractivity contribution in [2.75, 3.05) is 0 Å². The van der Waals surface area contributed by atoms with Gasteiger partial charge in [0.25, 0.3) is 0 Å². The van der Waals surface area contributed by atoms with E-state index in [0.717, 1.165) is 23.7 Å². The Morgan fingerprint density at radius 3 is 2.36 bits per heavy atom. The van der Waals surface area contributed by atoms with E-state index in [1.54, 1.807) is 0 Å². The molecule has 3 saturated carbocycles. The van der Waals surface area contributed by atoms with E-state index < -0.39 is 0 Å². The zero-order valence-electron chi connectivity index (χ0n) is 7.00. The van der Waals surface area contributed by atoms with Crippen LogP contribution >= 0.6 is 0 Å². The highest BCUT2D eigenvalue weighted by molar-refractivity contribution is 5.00. The molecule has 0 spiro atoms. The summed E-state index contributed by atoms with van der Waals surface area (Å²) in [5.74, 6) is 4.08. The molecular formula is C10H17N. The molecule has 3 aliphatic carbocycles. The van der Waals surface area contributed by atoms with Crippen molar-refractivity contribution in [1.82, 2.24) is 0 Å². The van der Waals surface area contributed by atoms with Gasteiger partial charge in [-0.15, -0.1) is 0 Å². The first kappa shape index (κ1) is 6.47. The number of fused-ring (bicyclic) bond motifs is 2. The molecule has 11 heavy (non-hydrogen) atoms. The zero-order valence-corrected chi connectivity index (χ0v) is 7.00. The van der Waals surface area contributed by atoms with Gasteiger partial charge in [0.2, 0.25) is 0 Å². The number of hydrogen-bond acceptors (Lipinski definition) is 1. The van der Waals surface area contributed by atoms with E-state index >= 15 is 0 Å². The first-order valence-corrected chi connectivity index (χ1v) is 5.08. The minimum absolute atomic E-state index is 0.575. The monoisotopic (exact) mass is 151 g/mol. The highest BCUT2D eigenvalue weighted by atomic mass is 14.7. The quantitative estimate of drug-likeness (QED) is 0.561. The molecule has 5 atom stereocenters. The molecule has 3 rings (SSSR count). The van der Waals surface area contributed by atoms with Crippen LogP contribution in [0.4, 0.5) is 0 Å².